The standard InChI is InChI=1S/C8H14O6/c9-5(7(11)12)3-1-2-4-6(10)8(13)14/h5-6,9-10H,1-4H2,(H,11,12)(H,13,14). The zero-order valence-corrected chi connectivity index (χ0v) is 7.59. The molecule has 82 valence electrons. The minimum absolute atomic E-state index is 0.0711. The molecule has 0 aliphatic rings. The van der Waals surface area contributed by atoms with Gasteiger partial charge in [0.05, 0.1) is 0 Å². The van der Waals surface area contributed by atoms with Crippen molar-refractivity contribution in [1.29, 1.82) is 0 Å². The zero-order chi connectivity index (χ0) is 11.1. The Kier molecular flexibility index (Phi) is 5.82. The van der Waals surface area contributed by atoms with Gasteiger partial charge in [0, 0.05) is 0 Å². The Balaban J connectivity index is 3.47. The van der Waals surface area contributed by atoms with E-state index >= 15 is 0 Å². The van der Waals surface area contributed by atoms with Crippen molar-refractivity contribution in [2.45, 2.75) is 37.9 Å². The minimum Gasteiger partial charge on any atom is -0.479 e. The van der Waals surface area contributed by atoms with Gasteiger partial charge < -0.3 is 20.4 Å². The molecule has 0 aromatic heterocycles. The summed E-state index contributed by atoms with van der Waals surface area (Å²) in [6.07, 6.45) is -1.92. The average molecular weight is 206 g/mol. The molecule has 2 atom stereocenters. The molecule has 14 heavy (non-hydrogen) atoms. The lowest BCUT2D eigenvalue weighted by Gasteiger charge is -2.06. The number of rotatable bonds is 7. The van der Waals surface area contributed by atoms with Crippen LogP contribution in [0.4, 0.5) is 0 Å². The van der Waals surface area contributed by atoms with Crippen LogP contribution in [0.1, 0.15) is 25.7 Å². The number of aliphatic hydroxyl groups excluding tert-OH is 2. The fourth-order valence-electron chi connectivity index (χ4n) is 0.922. The highest BCUT2D eigenvalue weighted by Gasteiger charge is 2.15. The van der Waals surface area contributed by atoms with Crippen LogP contribution in [0.15, 0.2) is 0 Å². The highest BCUT2D eigenvalue weighted by Crippen LogP contribution is 2.06. The summed E-state index contributed by atoms with van der Waals surface area (Å²) < 4.78 is 0. The molecule has 0 rings (SSSR count). The van der Waals surface area contributed by atoms with Gasteiger partial charge >= 0.3 is 11.9 Å². The first-order valence-corrected chi connectivity index (χ1v) is 4.27. The molecule has 0 spiro atoms. The van der Waals surface area contributed by atoms with Gasteiger partial charge in [-0.15, -0.1) is 0 Å². The molecule has 0 fully saturated rings. The summed E-state index contributed by atoms with van der Waals surface area (Å²) in [5.74, 6) is -2.58. The molecule has 0 radical (unpaired) electrons. The highest BCUT2D eigenvalue weighted by molar-refractivity contribution is 5.72. The van der Waals surface area contributed by atoms with Crippen molar-refractivity contribution >= 4 is 11.9 Å². The van der Waals surface area contributed by atoms with Gasteiger partial charge in [-0.25, -0.2) is 9.59 Å². The van der Waals surface area contributed by atoms with Gasteiger partial charge in [0.25, 0.3) is 0 Å². The van der Waals surface area contributed by atoms with E-state index in [1.54, 1.807) is 0 Å². The molecule has 0 saturated carbocycles. The Morgan fingerprint density at radius 1 is 0.857 bits per heavy atom. The molecule has 6 nitrogen and oxygen atoms in total. The van der Waals surface area contributed by atoms with Gasteiger partial charge in [0.1, 0.15) is 0 Å². The number of aliphatic hydroxyl groups is 2. The Bertz CT molecular complexity index is 180. The predicted molar refractivity (Wildman–Crippen MR) is 45.8 cm³/mol. The third-order valence-corrected chi connectivity index (χ3v) is 1.78. The second kappa shape index (κ2) is 6.33. The van der Waals surface area contributed by atoms with Gasteiger partial charge in [-0.05, 0) is 12.8 Å². The minimum atomic E-state index is -1.41. The maximum absolute atomic E-state index is 10.1. The summed E-state index contributed by atoms with van der Waals surface area (Å²) >= 11 is 0. The molecule has 2 unspecified atom stereocenters. The SMILES string of the molecule is O=C(O)C(O)CCCCC(O)C(=O)O. The Labute approximate surface area is 80.8 Å². The topological polar surface area (TPSA) is 115 Å². The van der Waals surface area contributed by atoms with Crippen LogP contribution in [0.25, 0.3) is 0 Å². The van der Waals surface area contributed by atoms with E-state index in [1.165, 1.54) is 0 Å². The van der Waals surface area contributed by atoms with E-state index in [2.05, 4.69) is 0 Å². The van der Waals surface area contributed by atoms with Gasteiger partial charge in [0.2, 0.25) is 0 Å². The molecule has 0 aliphatic carbocycles. The van der Waals surface area contributed by atoms with Crippen LogP contribution in [0.3, 0.4) is 0 Å². The van der Waals surface area contributed by atoms with E-state index in [9.17, 15) is 9.59 Å². The van der Waals surface area contributed by atoms with Gasteiger partial charge in [-0.2, -0.15) is 0 Å². The first-order valence-electron chi connectivity index (χ1n) is 4.27. The van der Waals surface area contributed by atoms with Crippen LogP contribution in [-0.4, -0.2) is 44.6 Å². The van der Waals surface area contributed by atoms with Crippen molar-refractivity contribution < 1.29 is 30.0 Å². The number of carbonyl (C=O) groups is 2. The average Bonchev–Trinajstić information content (AvgIpc) is 2.11. The van der Waals surface area contributed by atoms with Gasteiger partial charge in [0.15, 0.2) is 12.2 Å². The van der Waals surface area contributed by atoms with E-state index < -0.39 is 24.1 Å². The lowest BCUT2D eigenvalue weighted by molar-refractivity contribution is -0.148. The summed E-state index contributed by atoms with van der Waals surface area (Å²) in [4.78, 5) is 20.3. The molecular formula is C8H14O6. The third-order valence-electron chi connectivity index (χ3n) is 1.78. The molecule has 6 heteroatoms. The van der Waals surface area contributed by atoms with E-state index in [1.807, 2.05) is 0 Å². The molecule has 0 heterocycles. The summed E-state index contributed by atoms with van der Waals surface area (Å²) in [7, 11) is 0. The summed E-state index contributed by atoms with van der Waals surface area (Å²) in [5.41, 5.74) is 0. The van der Waals surface area contributed by atoms with Crippen molar-refractivity contribution in [1.82, 2.24) is 0 Å². The molecular weight excluding hydrogens is 192 g/mol. The Hall–Kier alpha value is -1.14. The Morgan fingerprint density at radius 3 is 1.36 bits per heavy atom. The summed E-state index contributed by atoms with van der Waals surface area (Å²) in [6.45, 7) is 0. The summed E-state index contributed by atoms with van der Waals surface area (Å²) in [5, 5.41) is 34.2. The highest BCUT2D eigenvalue weighted by atomic mass is 16.4. The number of hydrogen-bond acceptors (Lipinski definition) is 4. The van der Waals surface area contributed by atoms with Crippen molar-refractivity contribution in [3.8, 4) is 0 Å². The largest absolute Gasteiger partial charge is 0.479 e. The smallest absolute Gasteiger partial charge is 0.332 e. The van der Waals surface area contributed by atoms with Crippen molar-refractivity contribution in [2.24, 2.45) is 0 Å². The second-order valence-corrected chi connectivity index (χ2v) is 2.99. The number of hydrogen-bond donors (Lipinski definition) is 4. The third kappa shape index (κ3) is 5.50. The normalized spacial score (nSPS) is 14.7. The lowest BCUT2D eigenvalue weighted by atomic mass is 10.1. The van der Waals surface area contributed by atoms with Crippen LogP contribution in [0.2, 0.25) is 0 Å². The first kappa shape index (κ1) is 12.9. The van der Waals surface area contributed by atoms with Crippen molar-refractivity contribution in [3.05, 3.63) is 0 Å². The van der Waals surface area contributed by atoms with E-state index in [4.69, 9.17) is 20.4 Å². The molecule has 4 N–H and O–H groups in total. The van der Waals surface area contributed by atoms with Crippen molar-refractivity contribution in [3.63, 3.8) is 0 Å². The van der Waals surface area contributed by atoms with Gasteiger partial charge in [-0.1, -0.05) is 12.8 Å². The molecule has 0 saturated heterocycles. The maximum atomic E-state index is 10.1. The summed E-state index contributed by atoms with van der Waals surface area (Å²) in [6, 6.07) is 0. The lowest BCUT2D eigenvalue weighted by Crippen LogP contribution is -2.21. The maximum Gasteiger partial charge on any atom is 0.332 e. The molecule has 0 amide bonds. The van der Waals surface area contributed by atoms with E-state index in [0.29, 0.717) is 12.8 Å². The first-order chi connectivity index (χ1) is 6.45. The van der Waals surface area contributed by atoms with E-state index in [-0.39, 0.29) is 12.8 Å². The van der Waals surface area contributed by atoms with Crippen LogP contribution < -0.4 is 0 Å². The van der Waals surface area contributed by atoms with Crippen LogP contribution in [0, 0.1) is 0 Å². The number of carboxylic acid groups (broad SMARTS) is 2. The number of carboxylic acids is 2. The fraction of sp³-hybridized carbons (Fsp3) is 0.750. The van der Waals surface area contributed by atoms with Crippen LogP contribution in [-0.2, 0) is 9.59 Å². The number of unbranched alkanes of at least 4 members (excludes halogenated alkanes) is 1. The molecule has 0 aromatic rings. The van der Waals surface area contributed by atoms with Crippen molar-refractivity contribution in [2.75, 3.05) is 0 Å². The van der Waals surface area contributed by atoms with E-state index in [0.717, 1.165) is 0 Å². The predicted octanol–water partition coefficient (Wildman–Crippen LogP) is -0.562. The molecule has 0 bridgehead atoms. The second-order valence-electron chi connectivity index (χ2n) is 2.99. The fourth-order valence-corrected chi connectivity index (χ4v) is 0.922. The van der Waals surface area contributed by atoms with Gasteiger partial charge in [-0.3, -0.25) is 0 Å². The quantitative estimate of drug-likeness (QED) is 0.415. The van der Waals surface area contributed by atoms with Crippen LogP contribution in [0.5, 0.6) is 0 Å². The Morgan fingerprint density at radius 2 is 1.14 bits per heavy atom. The monoisotopic (exact) mass is 206 g/mol. The zero-order valence-electron chi connectivity index (χ0n) is 7.59. The molecule has 0 aliphatic heterocycles. The molecule has 0 aromatic carbocycles. The van der Waals surface area contributed by atoms with Crippen LogP contribution >= 0.6 is 0 Å². The number of aliphatic carboxylic acids is 2.